The highest BCUT2D eigenvalue weighted by molar-refractivity contribution is 6.31. The number of halogens is 1. The van der Waals surface area contributed by atoms with Crippen LogP contribution in [0.1, 0.15) is 47.2 Å². The first-order chi connectivity index (χ1) is 15.7. The van der Waals surface area contributed by atoms with Gasteiger partial charge in [0, 0.05) is 60.1 Å². The van der Waals surface area contributed by atoms with E-state index in [2.05, 4.69) is 16.8 Å². The summed E-state index contributed by atoms with van der Waals surface area (Å²) < 4.78 is 0. The van der Waals surface area contributed by atoms with E-state index in [1.165, 1.54) is 4.90 Å². The Morgan fingerprint density at radius 2 is 1.79 bits per heavy atom. The van der Waals surface area contributed by atoms with Gasteiger partial charge in [-0.1, -0.05) is 41.6 Å². The lowest BCUT2D eigenvalue weighted by atomic mass is 10.0. The molecule has 1 atom stereocenters. The number of aliphatic hydroxyl groups excluding tert-OH is 1. The summed E-state index contributed by atoms with van der Waals surface area (Å²) in [5.74, 6) is 6.36. The van der Waals surface area contributed by atoms with E-state index in [1.54, 1.807) is 50.6 Å². The van der Waals surface area contributed by atoms with Crippen LogP contribution >= 0.6 is 11.6 Å². The zero-order chi connectivity index (χ0) is 24.0. The number of amides is 1. The van der Waals surface area contributed by atoms with Gasteiger partial charge in [0.1, 0.15) is 5.82 Å². The number of hydrogen-bond donors (Lipinski definition) is 2. The number of Topliss-reactive ketones (excluding diaryl/α,β-unsaturated/α-hetero) is 1. The fraction of sp³-hybridized carbons (Fsp3) is 0.269. The number of pyridine rings is 1. The molecule has 1 unspecified atom stereocenters. The minimum atomic E-state index is -0.684. The number of aliphatic hydroxyl groups is 1. The van der Waals surface area contributed by atoms with Gasteiger partial charge in [0.15, 0.2) is 5.78 Å². The van der Waals surface area contributed by atoms with Crippen molar-refractivity contribution in [2.75, 3.05) is 19.8 Å². The van der Waals surface area contributed by atoms with Crippen LogP contribution in [0, 0.1) is 11.8 Å². The van der Waals surface area contributed by atoms with E-state index in [4.69, 9.17) is 17.3 Å². The molecule has 3 rings (SSSR count). The molecule has 1 aromatic heterocycles. The Hall–Kier alpha value is -3.40. The van der Waals surface area contributed by atoms with Gasteiger partial charge in [0.25, 0.3) is 0 Å². The maximum atomic E-state index is 12.4. The molecule has 0 radical (unpaired) electrons. The number of anilines is 1. The van der Waals surface area contributed by atoms with Crippen molar-refractivity contribution in [3.63, 3.8) is 0 Å². The number of carbonyl (C=O) groups excluding carboxylic acids is 2. The highest BCUT2D eigenvalue weighted by Crippen LogP contribution is 2.25. The van der Waals surface area contributed by atoms with Crippen molar-refractivity contribution in [3.8, 4) is 11.8 Å². The average molecular weight is 464 g/mol. The summed E-state index contributed by atoms with van der Waals surface area (Å²) in [6.45, 7) is 0. The molecular weight excluding hydrogens is 438 g/mol. The van der Waals surface area contributed by atoms with Gasteiger partial charge in [-0.15, -0.1) is 0 Å². The highest BCUT2D eigenvalue weighted by atomic mass is 35.5. The van der Waals surface area contributed by atoms with E-state index < -0.39 is 6.10 Å². The molecule has 6 nitrogen and oxygen atoms in total. The summed E-state index contributed by atoms with van der Waals surface area (Å²) in [6.07, 6.45) is 2.13. The van der Waals surface area contributed by atoms with Gasteiger partial charge in [-0.25, -0.2) is 4.98 Å². The van der Waals surface area contributed by atoms with Crippen molar-refractivity contribution in [2.45, 2.75) is 31.8 Å². The zero-order valence-corrected chi connectivity index (χ0v) is 19.4. The molecule has 1 amide bonds. The maximum Gasteiger partial charge on any atom is 0.222 e. The average Bonchev–Trinajstić information content (AvgIpc) is 2.80. The van der Waals surface area contributed by atoms with Gasteiger partial charge in [-0.05, 0) is 37.1 Å². The Kier molecular flexibility index (Phi) is 8.05. The van der Waals surface area contributed by atoms with Gasteiger partial charge >= 0.3 is 0 Å². The van der Waals surface area contributed by atoms with Gasteiger partial charge in [0.05, 0.1) is 11.7 Å². The number of benzene rings is 2. The molecule has 3 aromatic rings. The molecule has 0 aliphatic carbocycles. The molecule has 0 spiro atoms. The van der Waals surface area contributed by atoms with Crippen LogP contribution in [0.2, 0.25) is 5.02 Å². The van der Waals surface area contributed by atoms with Crippen LogP contribution in [-0.4, -0.2) is 46.9 Å². The van der Waals surface area contributed by atoms with E-state index in [1.807, 2.05) is 12.1 Å². The second-order valence-corrected chi connectivity index (χ2v) is 8.46. The molecule has 0 fully saturated rings. The minimum absolute atomic E-state index is 0.0405. The van der Waals surface area contributed by atoms with Crippen molar-refractivity contribution >= 4 is 39.9 Å². The van der Waals surface area contributed by atoms with E-state index in [9.17, 15) is 14.7 Å². The molecule has 0 saturated heterocycles. The fourth-order valence-electron chi connectivity index (χ4n) is 3.30. The molecule has 7 heteroatoms. The third-order valence-electron chi connectivity index (χ3n) is 5.32. The number of nitrogens with two attached hydrogens (primary N) is 1. The first-order valence-corrected chi connectivity index (χ1v) is 11.0. The maximum absolute atomic E-state index is 12.4. The van der Waals surface area contributed by atoms with E-state index >= 15 is 0 Å². The fourth-order valence-corrected chi connectivity index (χ4v) is 3.48. The zero-order valence-electron chi connectivity index (χ0n) is 18.6. The Morgan fingerprint density at radius 1 is 1.09 bits per heavy atom. The second-order valence-electron chi connectivity index (χ2n) is 8.02. The second kappa shape index (κ2) is 11.0. The standard InChI is InChI=1S/C26H26ClN3O3/c1-30(2)25(33)14-11-21(31)10-13-24(32)18-6-3-17(4-7-18)5-12-22-23-15-20(27)9-8-19(23)16-29-26(22)28/h3-4,6-9,15-16,21,31H,10-11,13-14H2,1-2H3,(H2,28,29). The van der Waals surface area contributed by atoms with Gasteiger partial charge in [-0.3, -0.25) is 9.59 Å². The topological polar surface area (TPSA) is 96.5 Å². The number of fused-ring (bicyclic) bond motifs is 1. The van der Waals surface area contributed by atoms with Gasteiger partial charge in [0.2, 0.25) is 5.91 Å². The van der Waals surface area contributed by atoms with Gasteiger partial charge in [-0.2, -0.15) is 0 Å². The predicted molar refractivity (Wildman–Crippen MR) is 131 cm³/mol. The molecule has 2 aromatic carbocycles. The van der Waals surface area contributed by atoms with E-state index in [0.29, 0.717) is 34.8 Å². The molecule has 1 heterocycles. The number of nitrogens with zero attached hydrogens (tertiary/aromatic N) is 2. The first-order valence-electron chi connectivity index (χ1n) is 10.6. The summed E-state index contributed by atoms with van der Waals surface area (Å²) in [7, 11) is 3.35. The Labute approximate surface area is 198 Å². The van der Waals surface area contributed by atoms with Crippen molar-refractivity contribution in [1.29, 1.82) is 0 Å². The lowest BCUT2D eigenvalue weighted by Crippen LogP contribution is -2.23. The van der Waals surface area contributed by atoms with Crippen LogP contribution in [0.15, 0.2) is 48.7 Å². The highest BCUT2D eigenvalue weighted by Gasteiger charge is 2.13. The molecule has 33 heavy (non-hydrogen) atoms. The summed E-state index contributed by atoms with van der Waals surface area (Å²) in [4.78, 5) is 29.7. The lowest BCUT2D eigenvalue weighted by Gasteiger charge is -2.13. The van der Waals surface area contributed by atoms with Crippen molar-refractivity contribution < 1.29 is 14.7 Å². The first kappa shape index (κ1) is 24.2. The van der Waals surface area contributed by atoms with Crippen molar-refractivity contribution in [1.82, 2.24) is 9.88 Å². The van der Waals surface area contributed by atoms with Crippen molar-refractivity contribution in [2.24, 2.45) is 0 Å². The van der Waals surface area contributed by atoms with Crippen LogP contribution in [0.3, 0.4) is 0 Å². The molecule has 0 aliphatic heterocycles. The lowest BCUT2D eigenvalue weighted by molar-refractivity contribution is -0.129. The van der Waals surface area contributed by atoms with Crippen LogP contribution in [0.5, 0.6) is 0 Å². The van der Waals surface area contributed by atoms with Crippen LogP contribution in [0.4, 0.5) is 5.82 Å². The summed E-state index contributed by atoms with van der Waals surface area (Å²) in [6, 6.07) is 12.4. The van der Waals surface area contributed by atoms with E-state index in [-0.39, 0.29) is 24.5 Å². The number of nitrogen functional groups attached to an aromatic ring is 1. The minimum Gasteiger partial charge on any atom is -0.393 e. The smallest absolute Gasteiger partial charge is 0.222 e. The SMILES string of the molecule is CN(C)C(=O)CCC(O)CCC(=O)c1ccc(C#Cc2c(N)ncc3ccc(Cl)cc23)cc1. The molecule has 0 saturated carbocycles. The number of hydrogen-bond acceptors (Lipinski definition) is 5. The molecule has 0 aliphatic rings. The van der Waals surface area contributed by atoms with Crippen LogP contribution in [-0.2, 0) is 4.79 Å². The summed E-state index contributed by atoms with van der Waals surface area (Å²) >= 11 is 6.12. The Morgan fingerprint density at radius 3 is 2.48 bits per heavy atom. The number of rotatable bonds is 7. The van der Waals surface area contributed by atoms with E-state index in [0.717, 1.165) is 16.3 Å². The van der Waals surface area contributed by atoms with Gasteiger partial charge < -0.3 is 15.7 Å². The third-order valence-corrected chi connectivity index (χ3v) is 5.55. The number of carbonyl (C=O) groups is 2. The predicted octanol–water partition coefficient (Wildman–Crippen LogP) is 4.06. The molecular formula is C26H26ClN3O3. The molecule has 170 valence electrons. The molecule has 0 bridgehead atoms. The summed E-state index contributed by atoms with van der Waals surface area (Å²) in [5.41, 5.74) is 7.92. The monoisotopic (exact) mass is 463 g/mol. The Bertz CT molecular complexity index is 1220. The number of ketones is 1. The largest absolute Gasteiger partial charge is 0.393 e. The normalized spacial score (nSPS) is 11.5. The Balaban J connectivity index is 1.64. The molecule has 3 N–H and O–H groups in total. The summed E-state index contributed by atoms with van der Waals surface area (Å²) in [5, 5.41) is 12.4. The van der Waals surface area contributed by atoms with Crippen molar-refractivity contribution in [3.05, 3.63) is 70.4 Å². The van der Waals surface area contributed by atoms with Crippen LogP contribution in [0.25, 0.3) is 10.8 Å². The third kappa shape index (κ3) is 6.55. The van der Waals surface area contributed by atoms with Crippen LogP contribution < -0.4 is 5.73 Å². The quantitative estimate of drug-likeness (QED) is 0.407. The number of aromatic nitrogens is 1.